The topological polar surface area (TPSA) is 44.8 Å². The maximum absolute atomic E-state index is 12.9. The van der Waals surface area contributed by atoms with E-state index in [1.807, 2.05) is 0 Å². The first-order chi connectivity index (χ1) is 7.00. The number of alkyl halides is 6. The molecule has 0 spiro atoms. The van der Waals surface area contributed by atoms with Crippen LogP contribution in [0.4, 0.5) is 26.3 Å². The molecule has 0 aliphatic heterocycles. The molecule has 0 radical (unpaired) electrons. The molecule has 0 aliphatic rings. The average Bonchev–Trinajstić information content (AvgIpc) is 2.13. The van der Waals surface area contributed by atoms with E-state index in [2.05, 4.69) is 13.8 Å². The lowest BCUT2D eigenvalue weighted by Crippen LogP contribution is -2.37. The predicted molar refractivity (Wildman–Crippen MR) is 38.6 cm³/mol. The molecule has 0 bridgehead atoms. The second-order valence-electron chi connectivity index (χ2n) is 2.33. The summed E-state index contributed by atoms with van der Waals surface area (Å²) in [5.74, 6) is 0. The van der Waals surface area contributed by atoms with E-state index in [1.165, 1.54) is 0 Å². The van der Waals surface area contributed by atoms with Crippen molar-refractivity contribution in [2.24, 2.45) is 0 Å². The number of ether oxygens (including phenoxy) is 1. The second kappa shape index (κ2) is 4.91. The summed E-state index contributed by atoms with van der Waals surface area (Å²) in [5, 5.41) is 0. The Balaban J connectivity index is 4.97. The van der Waals surface area contributed by atoms with Crippen LogP contribution in [0.15, 0.2) is 0 Å². The Kier molecular flexibility index (Phi) is 4.81. The molecule has 0 aromatic heterocycles. The molecule has 0 aromatic carbocycles. The Labute approximate surface area is 86.0 Å². The van der Waals surface area contributed by atoms with Crippen LogP contribution in [0, 0.1) is 0 Å². The Morgan fingerprint density at radius 2 is 1.44 bits per heavy atom. The molecule has 98 valence electrons. The van der Waals surface area contributed by atoms with Crippen LogP contribution < -0.4 is 0 Å². The van der Waals surface area contributed by atoms with Gasteiger partial charge in [0.2, 0.25) is 0 Å². The third-order valence-corrected chi connectivity index (χ3v) is 3.25. The molecule has 0 aliphatic carbocycles. The van der Waals surface area contributed by atoms with Gasteiger partial charge in [0.05, 0.1) is 0 Å². The van der Waals surface area contributed by atoms with E-state index < -0.39 is 26.0 Å². The van der Waals surface area contributed by atoms with Gasteiger partial charge in [0.25, 0.3) is 6.36 Å². The Bertz CT molecular complexity index is 271. The van der Waals surface area contributed by atoms with E-state index in [9.17, 15) is 30.9 Å². The van der Waals surface area contributed by atoms with Gasteiger partial charge < -0.3 is 9.05 Å². The van der Waals surface area contributed by atoms with Crippen LogP contribution in [0.3, 0.4) is 0 Å². The normalized spacial score (nSPS) is 16.2. The van der Waals surface area contributed by atoms with Crippen LogP contribution in [0.25, 0.3) is 0 Å². The molecule has 0 aromatic rings. The largest absolute Gasteiger partial charge is 0.525 e. The maximum Gasteiger partial charge on any atom is 0.525 e. The van der Waals surface area contributed by atoms with Gasteiger partial charge in [0.15, 0.2) is 0 Å². The molecule has 0 saturated carbocycles. The quantitative estimate of drug-likeness (QED) is 0.572. The summed E-state index contributed by atoms with van der Waals surface area (Å²) in [5.41, 5.74) is -5.08. The van der Waals surface area contributed by atoms with Gasteiger partial charge in [0, 0.05) is 14.2 Å². The summed E-state index contributed by atoms with van der Waals surface area (Å²) in [7, 11) is -4.42. The summed E-state index contributed by atoms with van der Waals surface area (Å²) in [6.07, 6.45) is -9.84. The van der Waals surface area contributed by atoms with Crippen molar-refractivity contribution in [1.29, 1.82) is 0 Å². The second-order valence-corrected chi connectivity index (χ2v) is 4.65. The lowest BCUT2D eigenvalue weighted by molar-refractivity contribution is -0.379. The van der Waals surface area contributed by atoms with Crippen molar-refractivity contribution in [3.8, 4) is 0 Å². The molecule has 0 N–H and O–H groups in total. The van der Waals surface area contributed by atoms with E-state index in [-0.39, 0.29) is 0 Å². The molecule has 1 atom stereocenters. The zero-order valence-electron chi connectivity index (χ0n) is 7.93. The Hall–Kier alpha value is -0.310. The molecule has 1 unspecified atom stereocenters. The van der Waals surface area contributed by atoms with Crippen LogP contribution in [0.2, 0.25) is 0 Å². The molecule has 0 fully saturated rings. The van der Waals surface area contributed by atoms with Gasteiger partial charge in [-0.1, -0.05) is 0 Å². The van der Waals surface area contributed by atoms with Crippen LogP contribution in [0.5, 0.6) is 0 Å². The highest BCUT2D eigenvalue weighted by molar-refractivity contribution is 7.55. The summed E-state index contributed by atoms with van der Waals surface area (Å²) >= 11 is 0. The number of rotatable bonds is 5. The summed E-state index contributed by atoms with van der Waals surface area (Å²) < 4.78 is 93.5. The van der Waals surface area contributed by atoms with Crippen molar-refractivity contribution in [3.63, 3.8) is 0 Å². The molecule has 11 heteroatoms. The van der Waals surface area contributed by atoms with E-state index in [1.54, 1.807) is 0 Å². The van der Waals surface area contributed by atoms with Crippen LogP contribution in [0.1, 0.15) is 0 Å². The fourth-order valence-electron chi connectivity index (χ4n) is 0.630. The molecule has 0 heterocycles. The standard InChI is InChI=1S/C5H7F6O4P/c1-13-16(12,14-2)4(7,8)3(6)15-5(9,10)11/h3H,1-2H3. The van der Waals surface area contributed by atoms with E-state index in [0.29, 0.717) is 14.2 Å². The van der Waals surface area contributed by atoms with Gasteiger partial charge in [-0.15, -0.1) is 13.2 Å². The first-order valence-corrected chi connectivity index (χ1v) is 5.02. The molecular weight excluding hydrogens is 269 g/mol. The highest BCUT2D eigenvalue weighted by Crippen LogP contribution is 2.63. The molecule has 0 saturated heterocycles. The Morgan fingerprint density at radius 3 is 1.69 bits per heavy atom. The minimum Gasteiger partial charge on any atom is -0.308 e. The van der Waals surface area contributed by atoms with Crippen LogP contribution in [-0.2, 0) is 18.3 Å². The molecule has 0 amide bonds. The maximum atomic E-state index is 12.9. The number of hydrogen-bond acceptors (Lipinski definition) is 4. The van der Waals surface area contributed by atoms with Gasteiger partial charge in [0.1, 0.15) is 0 Å². The third-order valence-electron chi connectivity index (χ3n) is 1.36. The van der Waals surface area contributed by atoms with Crippen molar-refractivity contribution in [2.75, 3.05) is 14.2 Å². The zero-order chi connectivity index (χ0) is 13.2. The lowest BCUT2D eigenvalue weighted by Gasteiger charge is -2.26. The summed E-state index contributed by atoms with van der Waals surface area (Å²) in [4.78, 5) is 0. The van der Waals surface area contributed by atoms with E-state index in [4.69, 9.17) is 0 Å². The van der Waals surface area contributed by atoms with E-state index in [0.717, 1.165) is 0 Å². The fourth-order valence-corrected chi connectivity index (χ4v) is 1.57. The van der Waals surface area contributed by atoms with E-state index >= 15 is 0 Å². The molecule has 4 nitrogen and oxygen atoms in total. The van der Waals surface area contributed by atoms with Crippen molar-refractivity contribution in [3.05, 3.63) is 0 Å². The molecule has 16 heavy (non-hydrogen) atoms. The number of halogens is 6. The summed E-state index contributed by atoms with van der Waals surface area (Å²) in [6.45, 7) is 0. The van der Waals surface area contributed by atoms with Gasteiger partial charge in [-0.05, 0) is 0 Å². The first kappa shape index (κ1) is 15.7. The van der Waals surface area contributed by atoms with Crippen LogP contribution >= 0.6 is 7.60 Å². The predicted octanol–water partition coefficient (Wildman–Crippen LogP) is 2.90. The van der Waals surface area contributed by atoms with Gasteiger partial charge in [-0.2, -0.15) is 8.78 Å². The number of hydrogen-bond donors (Lipinski definition) is 0. The highest BCUT2D eigenvalue weighted by Gasteiger charge is 2.62. The fraction of sp³-hybridized carbons (Fsp3) is 1.00. The van der Waals surface area contributed by atoms with Crippen LogP contribution in [-0.4, -0.2) is 32.6 Å². The average molecular weight is 276 g/mol. The van der Waals surface area contributed by atoms with Gasteiger partial charge in [-0.25, -0.2) is 9.13 Å². The van der Waals surface area contributed by atoms with Crippen molar-refractivity contribution < 1.29 is 44.7 Å². The summed E-state index contributed by atoms with van der Waals surface area (Å²) in [6, 6.07) is 0. The third kappa shape index (κ3) is 3.34. The molecule has 0 rings (SSSR count). The smallest absolute Gasteiger partial charge is 0.308 e. The minimum absolute atomic E-state index is 0.471. The Morgan fingerprint density at radius 1 is 1.06 bits per heavy atom. The highest BCUT2D eigenvalue weighted by atomic mass is 31.2. The van der Waals surface area contributed by atoms with Crippen molar-refractivity contribution in [1.82, 2.24) is 0 Å². The lowest BCUT2D eigenvalue weighted by atomic mass is 10.7. The molecular formula is C5H7F6O4P. The van der Waals surface area contributed by atoms with Crippen molar-refractivity contribution in [2.45, 2.75) is 18.4 Å². The monoisotopic (exact) mass is 276 g/mol. The first-order valence-electron chi connectivity index (χ1n) is 3.48. The van der Waals surface area contributed by atoms with Gasteiger partial charge >= 0.3 is 19.6 Å². The minimum atomic E-state index is -5.64. The SMILES string of the molecule is COP(=O)(OC)C(F)(F)C(F)OC(F)(F)F. The van der Waals surface area contributed by atoms with Gasteiger partial charge in [-0.3, -0.25) is 4.57 Å². The van der Waals surface area contributed by atoms with Crippen molar-refractivity contribution >= 4 is 7.60 Å². The zero-order valence-corrected chi connectivity index (χ0v) is 8.82.